The molecule has 0 spiro atoms. The summed E-state index contributed by atoms with van der Waals surface area (Å²) >= 11 is 0. The zero-order valence-electron chi connectivity index (χ0n) is 16.0. The Balaban J connectivity index is 1.45. The maximum absolute atomic E-state index is 13.2. The molecule has 3 aliphatic rings. The molecule has 2 amide bonds. The van der Waals surface area contributed by atoms with Crippen LogP contribution in [0.2, 0.25) is 0 Å². The van der Waals surface area contributed by atoms with Crippen LogP contribution in [0.3, 0.4) is 0 Å². The number of amides is 2. The summed E-state index contributed by atoms with van der Waals surface area (Å²) in [6.45, 7) is 0.629. The molecule has 1 aliphatic carbocycles. The first kappa shape index (κ1) is 17.3. The highest BCUT2D eigenvalue weighted by Crippen LogP contribution is 2.43. The van der Waals surface area contributed by atoms with E-state index in [0.29, 0.717) is 12.3 Å². The van der Waals surface area contributed by atoms with Crippen LogP contribution in [0.5, 0.6) is 5.75 Å². The molecule has 1 saturated carbocycles. The second-order valence-corrected chi connectivity index (χ2v) is 7.98. The third-order valence-corrected chi connectivity index (χ3v) is 6.45. The molecule has 5 rings (SSSR count). The molecule has 144 valence electrons. The zero-order chi connectivity index (χ0) is 19.3. The molecule has 2 atom stereocenters. The first-order chi connectivity index (χ1) is 13.7. The fraction of sp³-hybridized carbons (Fsp3) is 0.391. The zero-order valence-corrected chi connectivity index (χ0v) is 16.0. The van der Waals surface area contributed by atoms with Crippen LogP contribution in [0.25, 0.3) is 11.1 Å². The van der Waals surface area contributed by atoms with Gasteiger partial charge in [-0.2, -0.15) is 0 Å². The molecule has 5 nitrogen and oxygen atoms in total. The number of carbonyl (C=O) groups is 2. The van der Waals surface area contributed by atoms with Gasteiger partial charge in [0.2, 0.25) is 11.8 Å². The Morgan fingerprint density at radius 2 is 1.86 bits per heavy atom. The van der Waals surface area contributed by atoms with Crippen molar-refractivity contribution < 1.29 is 14.3 Å². The lowest BCUT2D eigenvalue weighted by Crippen LogP contribution is -2.54. The summed E-state index contributed by atoms with van der Waals surface area (Å²) in [6.07, 6.45) is 3.78. The van der Waals surface area contributed by atoms with Crippen molar-refractivity contribution in [2.45, 2.75) is 37.8 Å². The Hall–Kier alpha value is -2.82. The van der Waals surface area contributed by atoms with Crippen molar-refractivity contribution in [2.24, 2.45) is 5.92 Å². The maximum Gasteiger partial charge on any atom is 0.250 e. The molecule has 28 heavy (non-hydrogen) atoms. The van der Waals surface area contributed by atoms with Crippen LogP contribution in [0, 0.1) is 5.92 Å². The molecular weight excluding hydrogens is 352 g/mol. The number of hydrogen-bond donors (Lipinski definition) is 0. The number of carbonyl (C=O) groups excluding carboxylic acids is 2. The van der Waals surface area contributed by atoms with Gasteiger partial charge in [0.15, 0.2) is 0 Å². The summed E-state index contributed by atoms with van der Waals surface area (Å²) in [6, 6.07) is 15.8. The summed E-state index contributed by atoms with van der Waals surface area (Å²) < 4.78 is 5.57. The first-order valence-electron chi connectivity index (χ1n) is 10.0. The standard InChI is InChI=1S/C23H24N2O3/c1-28-21-11-10-17(15-6-3-2-4-7-15)12-19(21)25-18-13-20(23(25)27)24(14-18)22(26)16-8-5-9-16/h2-4,6-7,10-12,16,18,20H,5,8-9,13-14H2,1H3/t18-,20-/m0/s1. The normalized spacial score (nSPS) is 23.8. The second-order valence-electron chi connectivity index (χ2n) is 7.98. The lowest BCUT2D eigenvalue weighted by Gasteiger charge is -2.37. The van der Waals surface area contributed by atoms with E-state index in [4.69, 9.17) is 4.74 Å². The lowest BCUT2D eigenvalue weighted by atomic mass is 9.84. The van der Waals surface area contributed by atoms with Crippen molar-refractivity contribution >= 4 is 17.5 Å². The van der Waals surface area contributed by atoms with E-state index in [1.165, 1.54) is 0 Å². The molecule has 2 saturated heterocycles. The highest BCUT2D eigenvalue weighted by atomic mass is 16.5. The molecule has 2 aliphatic heterocycles. The molecule has 0 N–H and O–H groups in total. The van der Waals surface area contributed by atoms with Gasteiger partial charge < -0.3 is 14.5 Å². The van der Waals surface area contributed by atoms with E-state index < -0.39 is 0 Å². The van der Waals surface area contributed by atoms with Gasteiger partial charge in [-0.05, 0) is 42.5 Å². The Bertz CT molecular complexity index is 923. The molecule has 3 fully saturated rings. The van der Waals surface area contributed by atoms with Crippen LogP contribution < -0.4 is 9.64 Å². The Kier molecular flexibility index (Phi) is 4.11. The van der Waals surface area contributed by atoms with Crippen LogP contribution in [0.15, 0.2) is 48.5 Å². The number of methoxy groups -OCH3 is 1. The van der Waals surface area contributed by atoms with E-state index in [2.05, 4.69) is 12.1 Å². The summed E-state index contributed by atoms with van der Waals surface area (Å²) in [5.41, 5.74) is 2.96. The third-order valence-electron chi connectivity index (χ3n) is 6.45. The highest BCUT2D eigenvalue weighted by Gasteiger charge is 2.53. The quantitative estimate of drug-likeness (QED) is 0.821. The average Bonchev–Trinajstić information content (AvgIpc) is 3.25. The molecule has 0 unspecified atom stereocenters. The van der Waals surface area contributed by atoms with Crippen molar-refractivity contribution in [2.75, 3.05) is 18.6 Å². The number of piperazine rings is 1. The van der Waals surface area contributed by atoms with Gasteiger partial charge in [0.05, 0.1) is 18.8 Å². The fourth-order valence-corrected chi connectivity index (χ4v) is 4.71. The number of benzene rings is 2. The van der Waals surface area contributed by atoms with Gasteiger partial charge in [0, 0.05) is 12.5 Å². The maximum atomic E-state index is 13.2. The van der Waals surface area contributed by atoms with Crippen molar-refractivity contribution in [1.82, 2.24) is 4.90 Å². The van der Waals surface area contributed by atoms with Crippen molar-refractivity contribution in [3.05, 3.63) is 48.5 Å². The molecule has 2 aromatic rings. The molecule has 2 heterocycles. The lowest BCUT2D eigenvalue weighted by molar-refractivity contribution is -0.143. The van der Waals surface area contributed by atoms with Gasteiger partial charge in [-0.15, -0.1) is 0 Å². The number of likely N-dealkylation sites (tertiary alicyclic amines) is 1. The number of nitrogens with zero attached hydrogens (tertiary/aromatic N) is 2. The molecule has 2 aromatic carbocycles. The van der Waals surface area contributed by atoms with Crippen molar-refractivity contribution in [3.63, 3.8) is 0 Å². The monoisotopic (exact) mass is 376 g/mol. The van der Waals surface area contributed by atoms with Gasteiger partial charge in [0.25, 0.3) is 0 Å². The van der Waals surface area contributed by atoms with E-state index in [0.717, 1.165) is 42.5 Å². The van der Waals surface area contributed by atoms with Gasteiger partial charge in [0.1, 0.15) is 11.8 Å². The molecule has 0 radical (unpaired) electrons. The number of fused-ring (bicyclic) bond motifs is 2. The third kappa shape index (κ3) is 2.60. The summed E-state index contributed by atoms with van der Waals surface area (Å²) in [7, 11) is 1.63. The van der Waals surface area contributed by atoms with Crippen LogP contribution in [-0.2, 0) is 9.59 Å². The first-order valence-corrected chi connectivity index (χ1v) is 10.0. The number of rotatable bonds is 4. The summed E-state index contributed by atoms with van der Waals surface area (Å²) in [5.74, 6) is 1.03. The Labute approximate surface area is 164 Å². The van der Waals surface area contributed by atoms with E-state index in [9.17, 15) is 9.59 Å². The number of anilines is 1. The largest absolute Gasteiger partial charge is 0.495 e. The van der Waals surface area contributed by atoms with Crippen LogP contribution in [-0.4, -0.2) is 42.5 Å². The number of ether oxygens (including phenoxy) is 1. The van der Waals surface area contributed by atoms with E-state index in [1.54, 1.807) is 7.11 Å². The molecule has 0 aromatic heterocycles. The minimum atomic E-state index is -0.316. The molecule has 5 heteroatoms. The van der Waals surface area contributed by atoms with Crippen molar-refractivity contribution in [3.8, 4) is 16.9 Å². The van der Waals surface area contributed by atoms with E-state index in [1.807, 2.05) is 46.2 Å². The van der Waals surface area contributed by atoms with Gasteiger partial charge >= 0.3 is 0 Å². The SMILES string of the molecule is COc1ccc(-c2ccccc2)cc1N1C(=O)[C@@H]2C[C@H]1CN2C(=O)C1CCC1. The topological polar surface area (TPSA) is 49.9 Å². The van der Waals surface area contributed by atoms with Gasteiger partial charge in [-0.25, -0.2) is 0 Å². The Morgan fingerprint density at radius 1 is 1.07 bits per heavy atom. The summed E-state index contributed by atoms with van der Waals surface area (Å²) in [4.78, 5) is 29.6. The van der Waals surface area contributed by atoms with Crippen LogP contribution in [0.1, 0.15) is 25.7 Å². The smallest absolute Gasteiger partial charge is 0.250 e. The predicted octanol–water partition coefficient (Wildman–Crippen LogP) is 3.48. The Morgan fingerprint density at radius 3 is 2.50 bits per heavy atom. The van der Waals surface area contributed by atoms with Gasteiger partial charge in [-0.3, -0.25) is 9.59 Å². The summed E-state index contributed by atoms with van der Waals surface area (Å²) in [5, 5.41) is 0. The second kappa shape index (κ2) is 6.66. The minimum Gasteiger partial charge on any atom is -0.495 e. The average molecular weight is 376 g/mol. The van der Waals surface area contributed by atoms with Crippen molar-refractivity contribution in [1.29, 1.82) is 0 Å². The van der Waals surface area contributed by atoms with Crippen LogP contribution >= 0.6 is 0 Å². The molecular formula is C23H24N2O3. The number of hydrogen-bond acceptors (Lipinski definition) is 3. The van der Waals surface area contributed by atoms with Gasteiger partial charge in [-0.1, -0.05) is 42.8 Å². The predicted molar refractivity (Wildman–Crippen MR) is 107 cm³/mol. The molecule has 2 bridgehead atoms. The van der Waals surface area contributed by atoms with Crippen LogP contribution in [0.4, 0.5) is 5.69 Å². The minimum absolute atomic E-state index is 0.0208. The van der Waals surface area contributed by atoms with E-state index in [-0.39, 0.29) is 29.8 Å². The van der Waals surface area contributed by atoms with E-state index >= 15 is 0 Å². The fourth-order valence-electron chi connectivity index (χ4n) is 4.71. The highest BCUT2D eigenvalue weighted by molar-refractivity contribution is 6.05.